The predicted octanol–water partition coefficient (Wildman–Crippen LogP) is -0.110. The van der Waals surface area contributed by atoms with Crippen molar-refractivity contribution >= 4 is 16.9 Å². The number of carbonyl (C=O) groups is 1. The summed E-state index contributed by atoms with van der Waals surface area (Å²) in [6.45, 7) is 0.519. The normalized spacial score (nSPS) is 16.7. The van der Waals surface area contributed by atoms with Gasteiger partial charge >= 0.3 is 5.97 Å². The number of hydrogen-bond acceptors (Lipinski definition) is 6. The molecule has 2 rings (SSSR count). The van der Waals surface area contributed by atoms with E-state index in [2.05, 4.69) is 4.98 Å². The summed E-state index contributed by atoms with van der Waals surface area (Å²) in [4.78, 5) is 15.2. The van der Waals surface area contributed by atoms with E-state index in [1.54, 1.807) is 13.1 Å². The van der Waals surface area contributed by atoms with Crippen molar-refractivity contribution in [3.05, 3.63) is 36.0 Å². The zero-order valence-electron chi connectivity index (χ0n) is 12.7. The minimum atomic E-state index is -1.59. The van der Waals surface area contributed by atoms with E-state index in [0.717, 1.165) is 16.5 Å². The number of nitrogens with one attached hydrogen (secondary N) is 1. The molecule has 1 aromatic carbocycles. The number of esters is 1. The van der Waals surface area contributed by atoms with Gasteiger partial charge in [-0.15, -0.1) is 0 Å². The Balaban J connectivity index is 1.98. The highest BCUT2D eigenvalue weighted by atomic mass is 16.5. The minimum absolute atomic E-state index is 0.468. The summed E-state index contributed by atoms with van der Waals surface area (Å²) in [5, 5.41) is 38.0. The third kappa shape index (κ3) is 3.89. The Morgan fingerprint density at radius 1 is 1.22 bits per heavy atom. The van der Waals surface area contributed by atoms with Gasteiger partial charge in [-0.05, 0) is 18.6 Å². The van der Waals surface area contributed by atoms with Crippen LogP contribution in [0.2, 0.25) is 0 Å². The highest BCUT2D eigenvalue weighted by molar-refractivity contribution is 5.89. The van der Waals surface area contributed by atoms with Gasteiger partial charge in [-0.25, -0.2) is 0 Å². The Morgan fingerprint density at radius 3 is 2.61 bits per heavy atom. The summed E-state index contributed by atoms with van der Waals surface area (Å²) >= 11 is 0. The van der Waals surface area contributed by atoms with Gasteiger partial charge in [0.05, 0.1) is 12.5 Å². The molecule has 0 spiro atoms. The topological polar surface area (TPSA) is 123 Å². The number of rotatable bonds is 7. The zero-order chi connectivity index (χ0) is 17.0. The number of carbonyl (C=O) groups excluding carboxylic acids is 1. The average molecular weight is 323 g/mol. The van der Waals surface area contributed by atoms with Gasteiger partial charge in [0.1, 0.15) is 24.9 Å². The maximum Gasteiger partial charge on any atom is 0.313 e. The molecular weight excluding hydrogens is 302 g/mol. The average Bonchev–Trinajstić information content (AvgIpc) is 3.01. The fourth-order valence-electron chi connectivity index (χ4n) is 2.33. The summed E-state index contributed by atoms with van der Waals surface area (Å²) in [5.41, 5.74) is 1.68. The van der Waals surface area contributed by atoms with E-state index >= 15 is 0 Å². The summed E-state index contributed by atoms with van der Waals surface area (Å²) in [5.74, 6) is -1.11. The number of aromatic nitrogens is 1. The van der Waals surface area contributed by atoms with Gasteiger partial charge in [0.15, 0.2) is 0 Å². The molecule has 0 aliphatic heterocycles. The van der Waals surface area contributed by atoms with E-state index in [4.69, 9.17) is 9.84 Å². The Morgan fingerprint density at radius 2 is 1.91 bits per heavy atom. The number of H-pyrrole nitrogens is 1. The summed E-state index contributed by atoms with van der Waals surface area (Å²) in [7, 11) is 0. The van der Waals surface area contributed by atoms with Gasteiger partial charge in [-0.3, -0.25) is 4.79 Å². The largest absolute Gasteiger partial charge is 0.462 e. The second-order valence-corrected chi connectivity index (χ2v) is 5.45. The molecule has 0 saturated carbocycles. The van der Waals surface area contributed by atoms with Crippen molar-refractivity contribution < 1.29 is 30.0 Å². The van der Waals surface area contributed by atoms with Crippen LogP contribution in [-0.4, -0.2) is 62.9 Å². The van der Waals surface area contributed by atoms with Gasteiger partial charge in [0, 0.05) is 17.1 Å². The third-order valence-corrected chi connectivity index (χ3v) is 3.81. The van der Waals surface area contributed by atoms with Crippen molar-refractivity contribution in [2.75, 3.05) is 13.2 Å². The van der Waals surface area contributed by atoms with E-state index in [1.807, 2.05) is 24.3 Å². The molecule has 2 aromatic rings. The molecule has 23 heavy (non-hydrogen) atoms. The summed E-state index contributed by atoms with van der Waals surface area (Å²) in [6, 6.07) is 7.54. The first-order chi connectivity index (χ1) is 11.0. The number of ether oxygens (including phenoxy) is 1. The number of aromatic amines is 1. The van der Waals surface area contributed by atoms with Crippen molar-refractivity contribution in [3.63, 3.8) is 0 Å². The molecule has 0 aliphatic rings. The molecule has 7 heteroatoms. The van der Waals surface area contributed by atoms with Gasteiger partial charge in [0.25, 0.3) is 0 Å². The smallest absolute Gasteiger partial charge is 0.313 e. The SMILES string of the molecule is C[C@H](C(=O)OC[C@@H](O)[C@H](O)[C@H](O)CO)c1c[nH]c2ccccc12. The standard InChI is InChI=1S/C16H21NO6/c1-9(11-6-17-12-5-3-2-4-10(11)12)16(22)23-8-14(20)15(21)13(19)7-18/h2-6,9,13-15,17-21H,7-8H2,1H3/t9-,13+,14+,15+/m0/s1. The van der Waals surface area contributed by atoms with E-state index in [0.29, 0.717) is 0 Å². The van der Waals surface area contributed by atoms with Gasteiger partial charge in [0.2, 0.25) is 0 Å². The van der Waals surface area contributed by atoms with Gasteiger partial charge in [-0.2, -0.15) is 0 Å². The molecule has 0 fully saturated rings. The van der Waals surface area contributed by atoms with Crippen molar-refractivity contribution in [1.82, 2.24) is 4.98 Å². The molecule has 5 N–H and O–H groups in total. The molecule has 4 atom stereocenters. The lowest BCUT2D eigenvalue weighted by Crippen LogP contribution is -2.42. The molecule has 0 bridgehead atoms. The molecule has 0 amide bonds. The lowest BCUT2D eigenvalue weighted by atomic mass is 10.0. The van der Waals surface area contributed by atoms with E-state index in [-0.39, 0.29) is 0 Å². The molecule has 7 nitrogen and oxygen atoms in total. The van der Waals surface area contributed by atoms with Crippen LogP contribution >= 0.6 is 0 Å². The van der Waals surface area contributed by atoms with Crippen LogP contribution in [0.4, 0.5) is 0 Å². The number of benzene rings is 1. The van der Waals surface area contributed by atoms with Crippen LogP contribution < -0.4 is 0 Å². The Hall–Kier alpha value is -1.93. The second kappa shape index (κ2) is 7.56. The molecule has 0 aliphatic carbocycles. The molecule has 0 unspecified atom stereocenters. The maximum atomic E-state index is 12.1. The first-order valence-corrected chi connectivity index (χ1v) is 7.33. The fourth-order valence-corrected chi connectivity index (χ4v) is 2.33. The number of aliphatic hydroxyl groups excluding tert-OH is 4. The van der Waals surface area contributed by atoms with Crippen LogP contribution in [0.15, 0.2) is 30.5 Å². The first kappa shape index (κ1) is 17.4. The fraction of sp³-hybridized carbons (Fsp3) is 0.438. The highest BCUT2D eigenvalue weighted by Crippen LogP contribution is 2.26. The van der Waals surface area contributed by atoms with Crippen LogP contribution in [0.3, 0.4) is 0 Å². The summed E-state index contributed by atoms with van der Waals surface area (Å²) in [6.07, 6.45) is -2.82. The lowest BCUT2D eigenvalue weighted by molar-refractivity contribution is -0.153. The van der Waals surface area contributed by atoms with Gasteiger partial charge < -0.3 is 30.1 Å². The molecule has 126 valence electrons. The first-order valence-electron chi connectivity index (χ1n) is 7.33. The summed E-state index contributed by atoms with van der Waals surface area (Å²) < 4.78 is 5.00. The predicted molar refractivity (Wildman–Crippen MR) is 82.8 cm³/mol. The minimum Gasteiger partial charge on any atom is -0.462 e. The highest BCUT2D eigenvalue weighted by Gasteiger charge is 2.27. The Labute approximate surface area is 133 Å². The number of para-hydroxylation sites is 1. The maximum absolute atomic E-state index is 12.1. The monoisotopic (exact) mass is 323 g/mol. The number of fused-ring (bicyclic) bond motifs is 1. The molecule has 0 radical (unpaired) electrons. The van der Waals surface area contributed by atoms with Crippen LogP contribution in [0.25, 0.3) is 10.9 Å². The molecular formula is C16H21NO6. The molecule has 1 heterocycles. The van der Waals surface area contributed by atoms with Crippen LogP contribution in [0.5, 0.6) is 0 Å². The second-order valence-electron chi connectivity index (χ2n) is 5.45. The molecule has 1 aromatic heterocycles. The van der Waals surface area contributed by atoms with Crippen LogP contribution in [-0.2, 0) is 9.53 Å². The Bertz CT molecular complexity index is 655. The third-order valence-electron chi connectivity index (χ3n) is 3.81. The molecule has 0 saturated heterocycles. The van der Waals surface area contributed by atoms with Crippen molar-refractivity contribution in [2.24, 2.45) is 0 Å². The number of aliphatic hydroxyl groups is 4. The van der Waals surface area contributed by atoms with Crippen molar-refractivity contribution in [2.45, 2.75) is 31.2 Å². The zero-order valence-corrected chi connectivity index (χ0v) is 12.7. The van der Waals surface area contributed by atoms with Crippen molar-refractivity contribution in [3.8, 4) is 0 Å². The van der Waals surface area contributed by atoms with Crippen LogP contribution in [0.1, 0.15) is 18.4 Å². The van der Waals surface area contributed by atoms with E-state index < -0.39 is 43.4 Å². The van der Waals surface area contributed by atoms with Crippen LogP contribution in [0, 0.1) is 0 Å². The number of hydrogen-bond donors (Lipinski definition) is 5. The van der Waals surface area contributed by atoms with Crippen molar-refractivity contribution in [1.29, 1.82) is 0 Å². The Kier molecular flexibility index (Phi) is 5.73. The van der Waals surface area contributed by atoms with Gasteiger partial charge in [-0.1, -0.05) is 18.2 Å². The van der Waals surface area contributed by atoms with E-state index in [9.17, 15) is 20.1 Å². The quantitative estimate of drug-likeness (QED) is 0.453. The van der Waals surface area contributed by atoms with E-state index in [1.165, 1.54) is 0 Å². The lowest BCUT2D eigenvalue weighted by Gasteiger charge is -2.21.